The highest BCUT2D eigenvalue weighted by atomic mass is 79.9. The van der Waals surface area contributed by atoms with Crippen molar-refractivity contribution >= 4 is 33.7 Å². The number of rotatable bonds is 5. The van der Waals surface area contributed by atoms with Gasteiger partial charge in [0.1, 0.15) is 6.61 Å². The van der Waals surface area contributed by atoms with Crippen molar-refractivity contribution in [1.29, 1.82) is 0 Å². The van der Waals surface area contributed by atoms with Gasteiger partial charge in [0.2, 0.25) is 11.8 Å². The molecule has 128 valence electrons. The third-order valence-electron chi connectivity index (χ3n) is 3.94. The lowest BCUT2D eigenvalue weighted by Gasteiger charge is -2.13. The summed E-state index contributed by atoms with van der Waals surface area (Å²) >= 11 is 3.37. The maximum Gasteiger partial charge on any atom is 0.338 e. The summed E-state index contributed by atoms with van der Waals surface area (Å²) in [5, 5.41) is 0. The predicted octanol–water partition coefficient (Wildman–Crippen LogP) is 3.46. The topological polar surface area (TPSA) is 63.7 Å². The molecule has 0 atom stereocenters. The van der Waals surface area contributed by atoms with Crippen molar-refractivity contribution < 1.29 is 19.1 Å². The van der Waals surface area contributed by atoms with Crippen LogP contribution in [0, 0.1) is 0 Å². The molecular weight excluding hydrogens is 386 g/mol. The Morgan fingerprint density at radius 1 is 1.00 bits per heavy atom. The largest absolute Gasteiger partial charge is 0.457 e. The first-order valence-corrected chi connectivity index (χ1v) is 8.66. The molecule has 0 bridgehead atoms. The molecule has 6 heteroatoms. The normalized spacial score (nSPS) is 14.0. The molecule has 5 nitrogen and oxygen atoms in total. The highest BCUT2D eigenvalue weighted by molar-refractivity contribution is 9.10. The Bertz CT molecular complexity index is 800. The van der Waals surface area contributed by atoms with Crippen LogP contribution in [0.3, 0.4) is 0 Å². The van der Waals surface area contributed by atoms with E-state index in [4.69, 9.17) is 4.74 Å². The molecule has 1 heterocycles. The van der Waals surface area contributed by atoms with E-state index in [1.165, 1.54) is 4.90 Å². The average Bonchev–Trinajstić information content (AvgIpc) is 2.92. The van der Waals surface area contributed by atoms with E-state index in [1.807, 2.05) is 24.3 Å². The molecule has 1 aliphatic heterocycles. The maximum atomic E-state index is 12.1. The van der Waals surface area contributed by atoms with Gasteiger partial charge in [-0.15, -0.1) is 0 Å². The average molecular weight is 402 g/mol. The second kappa shape index (κ2) is 7.61. The number of benzene rings is 2. The van der Waals surface area contributed by atoms with Gasteiger partial charge in [0.15, 0.2) is 0 Å². The number of hydrogen-bond acceptors (Lipinski definition) is 4. The Balaban J connectivity index is 1.59. The lowest BCUT2D eigenvalue weighted by atomic mass is 10.1. The summed E-state index contributed by atoms with van der Waals surface area (Å²) in [5.74, 6) is -0.718. The van der Waals surface area contributed by atoms with E-state index in [1.54, 1.807) is 24.3 Å². The van der Waals surface area contributed by atoms with Crippen LogP contribution in [-0.2, 0) is 27.5 Å². The fourth-order valence-electron chi connectivity index (χ4n) is 2.59. The zero-order valence-electron chi connectivity index (χ0n) is 13.4. The second-order valence-electron chi connectivity index (χ2n) is 5.78. The van der Waals surface area contributed by atoms with Gasteiger partial charge < -0.3 is 4.74 Å². The quantitative estimate of drug-likeness (QED) is 0.568. The number of amides is 2. The molecule has 2 amide bonds. The minimum absolute atomic E-state index is 0.150. The van der Waals surface area contributed by atoms with E-state index in [-0.39, 0.29) is 37.8 Å². The molecule has 3 rings (SSSR count). The summed E-state index contributed by atoms with van der Waals surface area (Å²) in [4.78, 5) is 36.6. The first-order chi connectivity index (χ1) is 12.0. The maximum absolute atomic E-state index is 12.1. The van der Waals surface area contributed by atoms with Gasteiger partial charge in [-0.25, -0.2) is 4.79 Å². The smallest absolute Gasteiger partial charge is 0.338 e. The van der Waals surface area contributed by atoms with Gasteiger partial charge in [-0.05, 0) is 35.4 Å². The van der Waals surface area contributed by atoms with Crippen molar-refractivity contribution in [3.63, 3.8) is 0 Å². The van der Waals surface area contributed by atoms with Crippen LogP contribution in [0.25, 0.3) is 0 Å². The zero-order chi connectivity index (χ0) is 17.8. The zero-order valence-corrected chi connectivity index (χ0v) is 15.0. The number of carbonyl (C=O) groups excluding carboxylic acids is 3. The van der Waals surface area contributed by atoms with Crippen molar-refractivity contribution in [3.05, 3.63) is 69.7 Å². The Hall–Kier alpha value is -2.47. The standard InChI is InChI=1S/C19H16BrNO4/c20-16-3-1-2-14(10-16)12-25-19(24)15-6-4-13(5-7-15)11-21-17(22)8-9-18(21)23/h1-7,10H,8-9,11-12H2. The second-order valence-corrected chi connectivity index (χ2v) is 6.69. The highest BCUT2D eigenvalue weighted by Gasteiger charge is 2.28. The van der Waals surface area contributed by atoms with Crippen molar-refractivity contribution in [2.45, 2.75) is 26.0 Å². The minimum Gasteiger partial charge on any atom is -0.457 e. The summed E-state index contributed by atoms with van der Waals surface area (Å²) in [6, 6.07) is 14.3. The van der Waals surface area contributed by atoms with Crippen LogP contribution in [0.4, 0.5) is 0 Å². The Labute approximate surface area is 153 Å². The molecule has 2 aromatic rings. The van der Waals surface area contributed by atoms with E-state index in [2.05, 4.69) is 15.9 Å². The number of nitrogens with zero attached hydrogens (tertiary/aromatic N) is 1. The Kier molecular flexibility index (Phi) is 5.28. The molecular formula is C19H16BrNO4. The van der Waals surface area contributed by atoms with Crippen LogP contribution in [-0.4, -0.2) is 22.7 Å². The van der Waals surface area contributed by atoms with Gasteiger partial charge in [0.25, 0.3) is 0 Å². The van der Waals surface area contributed by atoms with Gasteiger partial charge in [0, 0.05) is 17.3 Å². The van der Waals surface area contributed by atoms with Crippen LogP contribution in [0.5, 0.6) is 0 Å². The number of hydrogen-bond donors (Lipinski definition) is 0. The van der Waals surface area contributed by atoms with E-state index in [0.717, 1.165) is 15.6 Å². The highest BCUT2D eigenvalue weighted by Crippen LogP contribution is 2.17. The van der Waals surface area contributed by atoms with Crippen LogP contribution in [0.15, 0.2) is 53.0 Å². The van der Waals surface area contributed by atoms with Gasteiger partial charge in [-0.1, -0.05) is 40.2 Å². The molecule has 1 fully saturated rings. The fraction of sp³-hybridized carbons (Fsp3) is 0.211. The van der Waals surface area contributed by atoms with Crippen molar-refractivity contribution in [1.82, 2.24) is 4.90 Å². The summed E-state index contributed by atoms with van der Waals surface area (Å²) in [6.45, 7) is 0.432. The van der Waals surface area contributed by atoms with E-state index in [9.17, 15) is 14.4 Å². The third kappa shape index (κ3) is 4.33. The van der Waals surface area contributed by atoms with Crippen LogP contribution < -0.4 is 0 Å². The van der Waals surface area contributed by atoms with E-state index in [0.29, 0.717) is 5.56 Å². The Morgan fingerprint density at radius 3 is 2.32 bits per heavy atom. The first-order valence-electron chi connectivity index (χ1n) is 7.86. The van der Waals surface area contributed by atoms with Crippen molar-refractivity contribution in [2.75, 3.05) is 0 Å². The summed E-state index contributed by atoms with van der Waals surface area (Å²) < 4.78 is 6.23. The Morgan fingerprint density at radius 2 is 1.68 bits per heavy atom. The number of imide groups is 1. The van der Waals surface area contributed by atoms with Crippen LogP contribution >= 0.6 is 15.9 Å². The van der Waals surface area contributed by atoms with Gasteiger partial charge in [-0.2, -0.15) is 0 Å². The molecule has 0 unspecified atom stereocenters. The molecule has 0 radical (unpaired) electrons. The molecule has 0 aromatic heterocycles. The van der Waals surface area contributed by atoms with Gasteiger partial charge >= 0.3 is 5.97 Å². The summed E-state index contributed by atoms with van der Waals surface area (Å²) in [5.41, 5.74) is 2.12. The fourth-order valence-corrected chi connectivity index (χ4v) is 3.03. The molecule has 0 N–H and O–H groups in total. The van der Waals surface area contributed by atoms with Crippen molar-refractivity contribution in [3.8, 4) is 0 Å². The summed E-state index contributed by atoms with van der Waals surface area (Å²) in [7, 11) is 0. The van der Waals surface area contributed by atoms with Gasteiger partial charge in [-0.3, -0.25) is 14.5 Å². The number of likely N-dealkylation sites (tertiary alicyclic amines) is 1. The molecule has 0 saturated carbocycles. The molecule has 0 aliphatic carbocycles. The van der Waals surface area contributed by atoms with Crippen LogP contribution in [0.2, 0.25) is 0 Å². The van der Waals surface area contributed by atoms with Crippen molar-refractivity contribution in [2.24, 2.45) is 0 Å². The number of halogens is 1. The summed E-state index contributed by atoms with van der Waals surface area (Å²) in [6.07, 6.45) is 0.553. The lowest BCUT2D eigenvalue weighted by molar-refractivity contribution is -0.139. The molecule has 1 aliphatic rings. The predicted molar refractivity (Wildman–Crippen MR) is 94.5 cm³/mol. The monoisotopic (exact) mass is 401 g/mol. The lowest BCUT2D eigenvalue weighted by Crippen LogP contribution is -2.28. The SMILES string of the molecule is O=C(OCc1cccc(Br)c1)c1ccc(CN2C(=O)CCC2=O)cc1. The first kappa shape index (κ1) is 17.4. The van der Waals surface area contributed by atoms with E-state index < -0.39 is 5.97 Å². The molecule has 2 aromatic carbocycles. The number of carbonyl (C=O) groups is 3. The minimum atomic E-state index is -0.417. The molecule has 1 saturated heterocycles. The van der Waals surface area contributed by atoms with Gasteiger partial charge in [0.05, 0.1) is 12.1 Å². The third-order valence-corrected chi connectivity index (χ3v) is 4.44. The number of ether oxygens (including phenoxy) is 1. The number of esters is 1. The van der Waals surface area contributed by atoms with E-state index >= 15 is 0 Å². The van der Waals surface area contributed by atoms with Crippen LogP contribution in [0.1, 0.15) is 34.3 Å². The molecule has 0 spiro atoms. The molecule has 25 heavy (non-hydrogen) atoms.